The minimum Gasteiger partial charge on any atom is -0.335 e. The normalized spacial score (nSPS) is 16.6. The maximum Gasteiger partial charge on any atom is 0.274 e. The minimum atomic E-state index is -0.145. The first kappa shape index (κ1) is 24.6. The number of hydrogen-bond acceptors (Lipinski definition) is 4. The molecule has 0 unspecified atom stereocenters. The Morgan fingerprint density at radius 1 is 0.917 bits per heavy atom. The van der Waals surface area contributed by atoms with Gasteiger partial charge in [-0.1, -0.05) is 71.8 Å². The summed E-state index contributed by atoms with van der Waals surface area (Å²) in [5.41, 5.74) is 2.85. The van der Waals surface area contributed by atoms with Gasteiger partial charge >= 0.3 is 0 Å². The van der Waals surface area contributed by atoms with Gasteiger partial charge in [0.2, 0.25) is 0 Å². The van der Waals surface area contributed by atoms with Crippen molar-refractivity contribution in [2.24, 2.45) is 0 Å². The summed E-state index contributed by atoms with van der Waals surface area (Å²) in [4.78, 5) is 32.1. The average molecular weight is 524 g/mol. The second kappa shape index (κ2) is 10.9. The van der Waals surface area contributed by atoms with Crippen molar-refractivity contribution in [2.45, 2.75) is 13.1 Å². The Bertz CT molecular complexity index is 1280. The molecule has 0 saturated carbocycles. The number of benzene rings is 2. The Labute approximate surface area is 220 Å². The summed E-state index contributed by atoms with van der Waals surface area (Å²) >= 11 is 12.1. The number of carbonyl (C=O) groups is 2. The Hall–Kier alpha value is -3.13. The fourth-order valence-corrected chi connectivity index (χ4v) is 4.87. The predicted molar refractivity (Wildman–Crippen MR) is 141 cm³/mol. The molecule has 9 heteroatoms. The van der Waals surface area contributed by atoms with Crippen LogP contribution in [0.25, 0.3) is 6.08 Å². The predicted octanol–water partition coefficient (Wildman–Crippen LogP) is 4.32. The Morgan fingerprint density at radius 3 is 2.44 bits per heavy atom. The van der Waals surface area contributed by atoms with E-state index in [9.17, 15) is 9.59 Å². The molecule has 0 atom stereocenters. The smallest absolute Gasteiger partial charge is 0.274 e. The van der Waals surface area contributed by atoms with Gasteiger partial charge in [-0.15, -0.1) is 0 Å². The van der Waals surface area contributed by atoms with E-state index in [0.29, 0.717) is 54.2 Å². The first-order valence-electron chi connectivity index (χ1n) is 12.0. The molecular weight excluding hydrogens is 497 g/mol. The molecule has 2 aliphatic heterocycles. The highest BCUT2D eigenvalue weighted by Crippen LogP contribution is 2.24. The molecule has 0 N–H and O–H groups in total. The highest BCUT2D eigenvalue weighted by atomic mass is 35.5. The standard InChI is InChI=1S/C27H27Cl2N5O2/c28-22-9-8-21(17-23(22)29)19-33-15-16-34-25(27(33)36)18-24(30-34)26(35)32-13-11-31(12-14-32)10-4-7-20-5-2-1-3-6-20/h1-9,17-18H,10-16,19H2. The summed E-state index contributed by atoms with van der Waals surface area (Å²) in [5.74, 6) is -0.269. The van der Waals surface area contributed by atoms with Crippen LogP contribution in [0.4, 0.5) is 0 Å². The van der Waals surface area contributed by atoms with Gasteiger partial charge in [-0.3, -0.25) is 19.2 Å². The Kier molecular flexibility index (Phi) is 7.41. The summed E-state index contributed by atoms with van der Waals surface area (Å²) in [6, 6.07) is 17.2. The van der Waals surface area contributed by atoms with Gasteiger partial charge in [0.25, 0.3) is 11.8 Å². The van der Waals surface area contributed by atoms with Crippen LogP contribution in [-0.4, -0.2) is 75.6 Å². The summed E-state index contributed by atoms with van der Waals surface area (Å²) in [6.07, 6.45) is 4.28. The molecule has 0 aliphatic carbocycles. The van der Waals surface area contributed by atoms with Gasteiger partial charge < -0.3 is 9.80 Å². The summed E-state index contributed by atoms with van der Waals surface area (Å²) in [5, 5.41) is 5.40. The number of piperazine rings is 1. The molecular formula is C27H27Cl2N5O2. The van der Waals surface area contributed by atoms with Gasteiger partial charge in [0.1, 0.15) is 5.69 Å². The SMILES string of the molecule is O=C(c1cc2n(n1)CCN(Cc1ccc(Cl)c(Cl)c1)C2=O)N1CCN(CC=Cc2ccccc2)CC1. The number of hydrogen-bond donors (Lipinski definition) is 0. The fourth-order valence-electron chi connectivity index (χ4n) is 4.55. The zero-order valence-corrected chi connectivity index (χ0v) is 21.3. The van der Waals surface area contributed by atoms with Crippen LogP contribution in [0.3, 0.4) is 0 Å². The monoisotopic (exact) mass is 523 g/mol. The van der Waals surface area contributed by atoms with E-state index in [1.807, 2.05) is 29.2 Å². The first-order chi connectivity index (χ1) is 17.5. The van der Waals surface area contributed by atoms with Crippen LogP contribution in [0, 0.1) is 0 Å². The van der Waals surface area contributed by atoms with Gasteiger partial charge in [-0.25, -0.2) is 0 Å². The fraction of sp³-hybridized carbons (Fsp3) is 0.296. The molecule has 36 heavy (non-hydrogen) atoms. The van der Waals surface area contributed by atoms with Gasteiger partial charge in [-0.05, 0) is 23.3 Å². The van der Waals surface area contributed by atoms with Gasteiger partial charge in [0, 0.05) is 51.9 Å². The second-order valence-electron chi connectivity index (χ2n) is 9.02. The number of fused-ring (bicyclic) bond motifs is 1. The number of rotatable bonds is 6. The third kappa shape index (κ3) is 5.48. The molecule has 2 amide bonds. The molecule has 0 spiro atoms. The van der Waals surface area contributed by atoms with Crippen LogP contribution in [-0.2, 0) is 13.1 Å². The van der Waals surface area contributed by atoms with Gasteiger partial charge in [0.15, 0.2) is 5.69 Å². The molecule has 1 aromatic heterocycles. The van der Waals surface area contributed by atoms with E-state index in [1.165, 1.54) is 5.56 Å². The third-order valence-corrected chi connectivity index (χ3v) is 7.32. The maximum atomic E-state index is 13.1. The Balaban J connectivity index is 1.17. The van der Waals surface area contributed by atoms with Crippen molar-refractivity contribution in [3.8, 4) is 0 Å². The molecule has 2 aromatic carbocycles. The first-order valence-corrected chi connectivity index (χ1v) is 12.8. The van der Waals surface area contributed by atoms with E-state index in [1.54, 1.807) is 27.8 Å². The molecule has 1 saturated heterocycles. The summed E-state index contributed by atoms with van der Waals surface area (Å²) in [6.45, 7) is 5.19. The van der Waals surface area contributed by atoms with Crippen LogP contribution < -0.4 is 0 Å². The van der Waals surface area contributed by atoms with E-state index >= 15 is 0 Å². The van der Waals surface area contributed by atoms with Crippen molar-refractivity contribution in [3.63, 3.8) is 0 Å². The van der Waals surface area contributed by atoms with Gasteiger partial charge in [0.05, 0.1) is 16.6 Å². The third-order valence-electron chi connectivity index (χ3n) is 6.58. The van der Waals surface area contributed by atoms with Crippen molar-refractivity contribution in [3.05, 3.63) is 93.2 Å². The molecule has 5 rings (SSSR count). The topological polar surface area (TPSA) is 61.7 Å². The number of halogens is 2. The maximum absolute atomic E-state index is 13.1. The highest BCUT2D eigenvalue weighted by Gasteiger charge is 2.30. The number of amides is 2. The van der Waals surface area contributed by atoms with Crippen molar-refractivity contribution < 1.29 is 9.59 Å². The lowest BCUT2D eigenvalue weighted by atomic mass is 10.2. The lowest BCUT2D eigenvalue weighted by molar-refractivity contribution is 0.0639. The molecule has 3 aromatic rings. The quantitative estimate of drug-likeness (QED) is 0.482. The van der Waals surface area contributed by atoms with E-state index in [2.05, 4.69) is 34.3 Å². The number of nitrogens with zero attached hydrogens (tertiary/aromatic N) is 5. The van der Waals surface area contributed by atoms with E-state index < -0.39 is 0 Å². The van der Waals surface area contributed by atoms with Crippen molar-refractivity contribution >= 4 is 41.1 Å². The lowest BCUT2D eigenvalue weighted by Crippen LogP contribution is -2.48. The van der Waals surface area contributed by atoms with Crippen LogP contribution in [0.2, 0.25) is 10.0 Å². The molecule has 0 bridgehead atoms. The number of carbonyl (C=O) groups excluding carboxylic acids is 2. The van der Waals surface area contributed by atoms with Crippen LogP contribution in [0.1, 0.15) is 32.1 Å². The molecule has 2 aliphatic rings. The van der Waals surface area contributed by atoms with E-state index in [-0.39, 0.29) is 11.8 Å². The van der Waals surface area contributed by atoms with Crippen LogP contribution in [0.15, 0.2) is 60.7 Å². The molecule has 1 fully saturated rings. The average Bonchev–Trinajstić information content (AvgIpc) is 3.34. The largest absolute Gasteiger partial charge is 0.335 e. The van der Waals surface area contributed by atoms with Crippen LogP contribution >= 0.6 is 23.2 Å². The Morgan fingerprint density at radius 2 is 1.69 bits per heavy atom. The van der Waals surface area contributed by atoms with Crippen LogP contribution in [0.5, 0.6) is 0 Å². The van der Waals surface area contributed by atoms with Crippen molar-refractivity contribution in [1.82, 2.24) is 24.5 Å². The summed E-state index contributed by atoms with van der Waals surface area (Å²) in [7, 11) is 0. The minimum absolute atomic E-state index is 0.125. The van der Waals surface area contributed by atoms with E-state index in [4.69, 9.17) is 23.2 Å². The molecule has 186 valence electrons. The molecule has 0 radical (unpaired) electrons. The molecule has 7 nitrogen and oxygen atoms in total. The molecule has 3 heterocycles. The zero-order valence-electron chi connectivity index (χ0n) is 19.8. The van der Waals surface area contributed by atoms with Gasteiger partial charge in [-0.2, -0.15) is 5.10 Å². The summed E-state index contributed by atoms with van der Waals surface area (Å²) < 4.78 is 1.64. The second-order valence-corrected chi connectivity index (χ2v) is 9.83. The highest BCUT2D eigenvalue weighted by molar-refractivity contribution is 6.42. The lowest BCUT2D eigenvalue weighted by Gasteiger charge is -2.33. The van der Waals surface area contributed by atoms with Crippen molar-refractivity contribution in [2.75, 3.05) is 39.3 Å². The number of aromatic nitrogens is 2. The zero-order chi connectivity index (χ0) is 25.1. The van der Waals surface area contributed by atoms with E-state index in [0.717, 1.165) is 25.2 Å². The van der Waals surface area contributed by atoms with Crippen molar-refractivity contribution in [1.29, 1.82) is 0 Å².